The number of hydrogen-bond donors (Lipinski definition) is 1. The van der Waals surface area contributed by atoms with Gasteiger partial charge in [-0.1, -0.05) is 6.92 Å². The molecule has 1 saturated carbocycles. The van der Waals surface area contributed by atoms with Crippen molar-refractivity contribution in [3.8, 4) is 5.69 Å². The summed E-state index contributed by atoms with van der Waals surface area (Å²) in [5.41, 5.74) is 5.05. The van der Waals surface area contributed by atoms with Crippen molar-refractivity contribution in [2.45, 2.75) is 45.1 Å². The van der Waals surface area contributed by atoms with E-state index in [-0.39, 0.29) is 0 Å². The highest BCUT2D eigenvalue weighted by molar-refractivity contribution is 5.42. The highest BCUT2D eigenvalue weighted by Crippen LogP contribution is 2.42. The third-order valence-electron chi connectivity index (χ3n) is 4.31. The molecule has 1 aliphatic heterocycles. The molecule has 3 heterocycles. The van der Waals surface area contributed by atoms with Crippen LogP contribution in [0.1, 0.15) is 48.6 Å². The molecule has 0 amide bonds. The molecule has 2 aromatic rings. The summed E-state index contributed by atoms with van der Waals surface area (Å²) < 4.78 is 4.35. The molecule has 0 unspecified atom stereocenters. The van der Waals surface area contributed by atoms with Crippen LogP contribution < -0.4 is 5.32 Å². The average Bonchev–Trinajstić information content (AvgIpc) is 3.13. The fraction of sp³-hybridized carbons (Fsp3) is 0.600. The first-order chi connectivity index (χ1) is 9.78. The van der Waals surface area contributed by atoms with Crippen LogP contribution >= 0.6 is 0 Å². The van der Waals surface area contributed by atoms with E-state index in [4.69, 9.17) is 4.98 Å². The lowest BCUT2D eigenvalue weighted by Gasteiger charge is -2.16. The van der Waals surface area contributed by atoms with Crippen molar-refractivity contribution in [2.24, 2.45) is 7.05 Å². The van der Waals surface area contributed by atoms with E-state index in [1.54, 1.807) is 0 Å². The summed E-state index contributed by atoms with van der Waals surface area (Å²) in [6.07, 6.45) is 6.74. The molecule has 2 aliphatic rings. The molecule has 0 bridgehead atoms. The number of aromatic nitrogens is 4. The van der Waals surface area contributed by atoms with Gasteiger partial charge in [-0.05, 0) is 19.3 Å². The van der Waals surface area contributed by atoms with Gasteiger partial charge < -0.3 is 5.32 Å². The molecule has 0 spiro atoms. The number of aryl methyl sites for hydroxylation is 2. The second-order valence-corrected chi connectivity index (χ2v) is 5.89. The normalized spacial score (nSPS) is 18.3. The van der Waals surface area contributed by atoms with E-state index in [2.05, 4.69) is 28.1 Å². The number of nitrogens with zero attached hydrogens (tertiary/aromatic N) is 4. The Balaban J connectivity index is 1.92. The molecule has 0 atom stereocenters. The summed E-state index contributed by atoms with van der Waals surface area (Å²) in [6, 6.07) is 0. The van der Waals surface area contributed by atoms with Crippen molar-refractivity contribution >= 4 is 0 Å². The molecule has 1 aliphatic carbocycles. The summed E-state index contributed by atoms with van der Waals surface area (Å²) in [5.74, 6) is 1.92. The van der Waals surface area contributed by atoms with Gasteiger partial charge in [0, 0.05) is 44.4 Å². The van der Waals surface area contributed by atoms with E-state index in [9.17, 15) is 0 Å². The van der Waals surface area contributed by atoms with Gasteiger partial charge in [0.1, 0.15) is 5.82 Å². The van der Waals surface area contributed by atoms with Gasteiger partial charge in [-0.25, -0.2) is 4.98 Å². The minimum absolute atomic E-state index is 0.658. The first-order valence-electron chi connectivity index (χ1n) is 7.62. The predicted octanol–water partition coefficient (Wildman–Crippen LogP) is 1.69. The zero-order chi connectivity index (χ0) is 13.7. The average molecular weight is 271 g/mol. The minimum Gasteiger partial charge on any atom is -0.311 e. The maximum atomic E-state index is 4.94. The number of fused-ring (bicyclic) bond motifs is 1. The first kappa shape index (κ1) is 12.1. The number of nitrogens with one attached hydrogen (secondary N) is 1. The van der Waals surface area contributed by atoms with Crippen molar-refractivity contribution in [2.75, 3.05) is 6.54 Å². The Hall–Kier alpha value is -1.62. The maximum Gasteiger partial charge on any atom is 0.117 e. The molecule has 0 saturated heterocycles. The Bertz CT molecular complexity index is 648. The topological polar surface area (TPSA) is 47.7 Å². The molecule has 0 aromatic carbocycles. The van der Waals surface area contributed by atoms with Gasteiger partial charge in [0.15, 0.2) is 0 Å². The third-order valence-corrected chi connectivity index (χ3v) is 4.31. The lowest BCUT2D eigenvalue weighted by Crippen LogP contribution is -2.24. The fourth-order valence-corrected chi connectivity index (χ4v) is 3.18. The highest BCUT2D eigenvalue weighted by Gasteiger charge is 2.33. The summed E-state index contributed by atoms with van der Waals surface area (Å²) in [7, 11) is 2.00. The van der Waals surface area contributed by atoms with Gasteiger partial charge in [-0.2, -0.15) is 5.10 Å². The van der Waals surface area contributed by atoms with Crippen LogP contribution in [0.5, 0.6) is 0 Å². The quantitative estimate of drug-likeness (QED) is 0.924. The zero-order valence-corrected chi connectivity index (χ0v) is 12.2. The lowest BCUT2D eigenvalue weighted by atomic mass is 10.1. The number of imidazole rings is 1. The Kier molecular flexibility index (Phi) is 2.70. The summed E-state index contributed by atoms with van der Waals surface area (Å²) >= 11 is 0. The van der Waals surface area contributed by atoms with Crippen LogP contribution in [-0.4, -0.2) is 25.9 Å². The second-order valence-electron chi connectivity index (χ2n) is 5.89. The molecule has 20 heavy (non-hydrogen) atoms. The second kappa shape index (κ2) is 4.45. The maximum absolute atomic E-state index is 4.94. The third kappa shape index (κ3) is 1.80. The standard InChI is InChI=1S/C15H21N5/c1-3-11-14(9-19(2)18-11)20-13-6-7-16-8-12(13)17-15(20)10-4-5-10/h9-10,16H,3-8H2,1-2H3. The molecule has 1 fully saturated rings. The van der Waals surface area contributed by atoms with Crippen LogP contribution in [0.4, 0.5) is 0 Å². The molecular formula is C15H21N5. The van der Waals surface area contributed by atoms with Crippen LogP contribution in [0, 0.1) is 0 Å². The van der Waals surface area contributed by atoms with Crippen molar-refractivity contribution in [1.29, 1.82) is 0 Å². The Morgan fingerprint density at radius 3 is 3.00 bits per heavy atom. The van der Waals surface area contributed by atoms with Gasteiger partial charge >= 0.3 is 0 Å². The van der Waals surface area contributed by atoms with Gasteiger partial charge in [-0.3, -0.25) is 9.25 Å². The van der Waals surface area contributed by atoms with Crippen LogP contribution in [-0.2, 0) is 26.4 Å². The van der Waals surface area contributed by atoms with Crippen LogP contribution in [0.2, 0.25) is 0 Å². The summed E-state index contributed by atoms with van der Waals surface area (Å²) in [5, 5.41) is 8.04. The molecular weight excluding hydrogens is 250 g/mol. The Morgan fingerprint density at radius 2 is 2.25 bits per heavy atom. The molecule has 2 aromatic heterocycles. The van der Waals surface area contributed by atoms with E-state index in [1.807, 2.05) is 11.7 Å². The van der Waals surface area contributed by atoms with Crippen LogP contribution in [0.15, 0.2) is 6.20 Å². The molecule has 0 radical (unpaired) electrons. The monoisotopic (exact) mass is 271 g/mol. The minimum atomic E-state index is 0.658. The molecule has 5 heteroatoms. The van der Waals surface area contributed by atoms with Crippen molar-refractivity contribution in [1.82, 2.24) is 24.6 Å². The number of rotatable bonds is 3. The van der Waals surface area contributed by atoms with Gasteiger partial charge in [0.2, 0.25) is 0 Å². The van der Waals surface area contributed by atoms with Gasteiger partial charge in [0.05, 0.1) is 17.1 Å². The molecule has 106 valence electrons. The van der Waals surface area contributed by atoms with Gasteiger partial charge in [0.25, 0.3) is 0 Å². The van der Waals surface area contributed by atoms with Crippen LogP contribution in [0.25, 0.3) is 5.69 Å². The van der Waals surface area contributed by atoms with Crippen molar-refractivity contribution in [3.05, 3.63) is 29.1 Å². The molecule has 1 N–H and O–H groups in total. The van der Waals surface area contributed by atoms with Crippen molar-refractivity contribution < 1.29 is 0 Å². The Morgan fingerprint density at radius 1 is 1.40 bits per heavy atom. The van der Waals surface area contributed by atoms with Gasteiger partial charge in [-0.15, -0.1) is 0 Å². The largest absolute Gasteiger partial charge is 0.311 e. The predicted molar refractivity (Wildman–Crippen MR) is 77.1 cm³/mol. The zero-order valence-electron chi connectivity index (χ0n) is 12.2. The Labute approximate surface area is 119 Å². The summed E-state index contributed by atoms with van der Waals surface area (Å²) in [6.45, 7) is 4.13. The molecule has 4 rings (SSSR count). The smallest absolute Gasteiger partial charge is 0.117 e. The first-order valence-corrected chi connectivity index (χ1v) is 7.62. The van der Waals surface area contributed by atoms with E-state index >= 15 is 0 Å². The lowest BCUT2D eigenvalue weighted by molar-refractivity contribution is 0.619. The summed E-state index contributed by atoms with van der Waals surface area (Å²) in [4.78, 5) is 4.94. The number of hydrogen-bond acceptors (Lipinski definition) is 3. The van der Waals surface area contributed by atoms with Crippen molar-refractivity contribution in [3.63, 3.8) is 0 Å². The highest BCUT2D eigenvalue weighted by atomic mass is 15.3. The fourth-order valence-electron chi connectivity index (χ4n) is 3.18. The van der Waals surface area contributed by atoms with E-state index < -0.39 is 0 Å². The van der Waals surface area contributed by atoms with E-state index in [1.165, 1.54) is 41.4 Å². The molecule has 5 nitrogen and oxygen atoms in total. The SMILES string of the molecule is CCc1nn(C)cc1-n1c(C2CC2)nc2c1CCNC2. The van der Waals surface area contributed by atoms with E-state index in [0.717, 1.165) is 25.9 Å². The van der Waals surface area contributed by atoms with Crippen LogP contribution in [0.3, 0.4) is 0 Å². The van der Waals surface area contributed by atoms with E-state index in [0.29, 0.717) is 5.92 Å².